The van der Waals surface area contributed by atoms with E-state index < -0.39 is 5.92 Å². The minimum atomic E-state index is -0.412. The Kier molecular flexibility index (Phi) is 10.2. The van der Waals surface area contributed by atoms with Gasteiger partial charge in [0, 0.05) is 6.42 Å². The van der Waals surface area contributed by atoms with Gasteiger partial charge in [0.2, 0.25) is 0 Å². The summed E-state index contributed by atoms with van der Waals surface area (Å²) in [6.07, 6.45) is 17.2. The molecule has 0 aromatic rings. The third-order valence-corrected chi connectivity index (χ3v) is 12.3. The third-order valence-electron chi connectivity index (χ3n) is 12.3. The van der Waals surface area contributed by atoms with Crippen LogP contribution in [0.15, 0.2) is 11.6 Å². The van der Waals surface area contributed by atoms with Crippen molar-refractivity contribution in [2.75, 3.05) is 7.11 Å². The highest BCUT2D eigenvalue weighted by Gasteiger charge is 2.59. The fourth-order valence-electron chi connectivity index (χ4n) is 10.1. The molecule has 0 saturated heterocycles. The quantitative estimate of drug-likeness (QED) is 0.188. The molecule has 40 heavy (non-hydrogen) atoms. The van der Waals surface area contributed by atoms with E-state index in [4.69, 9.17) is 9.47 Å². The summed E-state index contributed by atoms with van der Waals surface area (Å²) in [5.41, 5.74) is 2.31. The van der Waals surface area contributed by atoms with Crippen molar-refractivity contribution >= 4 is 11.9 Å². The highest BCUT2D eigenvalue weighted by atomic mass is 16.5. The summed E-state index contributed by atoms with van der Waals surface area (Å²) in [6.45, 7) is 16.7. The smallest absolute Gasteiger partial charge is 0.309 e. The van der Waals surface area contributed by atoms with E-state index in [1.54, 1.807) is 5.57 Å². The Hall–Kier alpha value is -1.32. The lowest BCUT2D eigenvalue weighted by atomic mass is 9.47. The Morgan fingerprint density at radius 1 is 0.950 bits per heavy atom. The van der Waals surface area contributed by atoms with E-state index in [0.717, 1.165) is 54.8 Å². The summed E-state index contributed by atoms with van der Waals surface area (Å²) >= 11 is 0. The average molecular weight is 557 g/mol. The van der Waals surface area contributed by atoms with Crippen molar-refractivity contribution in [1.82, 2.24) is 0 Å². The SMILES string of the molecule is COC(=O)CC(CC(C)C)C(=O)O[C@H]1CC[C@@]2(C)C(=CC[C@H]3[C@@H]4CC[C@H]([C@H](C)CCCC(C)C)[C@@]4(C)CC[C@@H]32)C1. The number of carbonyl (C=O) groups is 2. The first kappa shape index (κ1) is 31.6. The van der Waals surface area contributed by atoms with Crippen LogP contribution in [-0.2, 0) is 19.1 Å². The van der Waals surface area contributed by atoms with Gasteiger partial charge in [0.15, 0.2) is 0 Å². The first-order valence-corrected chi connectivity index (χ1v) is 16.9. The molecule has 3 saturated carbocycles. The third kappa shape index (κ3) is 6.51. The first-order valence-electron chi connectivity index (χ1n) is 16.9. The lowest BCUT2D eigenvalue weighted by Gasteiger charge is -2.58. The number of ether oxygens (including phenoxy) is 2. The zero-order chi connectivity index (χ0) is 29.2. The molecular weight excluding hydrogens is 496 g/mol. The van der Waals surface area contributed by atoms with E-state index in [2.05, 4.69) is 54.5 Å². The summed E-state index contributed by atoms with van der Waals surface area (Å²) in [6, 6.07) is 0. The number of rotatable bonds is 11. The van der Waals surface area contributed by atoms with Gasteiger partial charge < -0.3 is 9.47 Å². The zero-order valence-electron chi connectivity index (χ0n) is 27.1. The molecule has 228 valence electrons. The fourth-order valence-corrected chi connectivity index (χ4v) is 10.1. The van der Waals surface area contributed by atoms with Crippen LogP contribution < -0.4 is 0 Å². The van der Waals surface area contributed by atoms with Gasteiger partial charge in [-0.15, -0.1) is 0 Å². The van der Waals surface area contributed by atoms with Crippen molar-refractivity contribution in [3.63, 3.8) is 0 Å². The van der Waals surface area contributed by atoms with Gasteiger partial charge in [0.05, 0.1) is 19.4 Å². The van der Waals surface area contributed by atoms with Gasteiger partial charge in [-0.1, -0.05) is 79.4 Å². The minimum absolute atomic E-state index is 0.0629. The van der Waals surface area contributed by atoms with Crippen LogP contribution in [0.5, 0.6) is 0 Å². The highest BCUT2D eigenvalue weighted by Crippen LogP contribution is 2.67. The predicted octanol–water partition coefficient (Wildman–Crippen LogP) is 9.17. The van der Waals surface area contributed by atoms with E-state index in [9.17, 15) is 9.59 Å². The molecule has 0 N–H and O–H groups in total. The van der Waals surface area contributed by atoms with Crippen molar-refractivity contribution < 1.29 is 19.1 Å². The number of esters is 2. The van der Waals surface area contributed by atoms with E-state index in [0.29, 0.717) is 17.8 Å². The first-order chi connectivity index (χ1) is 18.9. The van der Waals surface area contributed by atoms with Gasteiger partial charge in [-0.3, -0.25) is 9.59 Å². The van der Waals surface area contributed by atoms with E-state index >= 15 is 0 Å². The Bertz CT molecular complexity index is 920. The van der Waals surface area contributed by atoms with Gasteiger partial charge in [-0.05, 0) is 104 Å². The van der Waals surface area contributed by atoms with Crippen LogP contribution >= 0.6 is 0 Å². The molecule has 4 heteroatoms. The van der Waals surface area contributed by atoms with Gasteiger partial charge in [-0.2, -0.15) is 0 Å². The highest BCUT2D eigenvalue weighted by molar-refractivity contribution is 5.80. The number of hydrogen-bond acceptors (Lipinski definition) is 4. The number of allylic oxidation sites excluding steroid dienone is 1. The van der Waals surface area contributed by atoms with Crippen LogP contribution in [-0.4, -0.2) is 25.2 Å². The Labute approximate surface area is 245 Å². The van der Waals surface area contributed by atoms with Crippen LogP contribution in [0.1, 0.15) is 132 Å². The predicted molar refractivity (Wildman–Crippen MR) is 163 cm³/mol. The van der Waals surface area contributed by atoms with Crippen LogP contribution in [0.25, 0.3) is 0 Å². The van der Waals surface area contributed by atoms with Crippen molar-refractivity contribution in [2.24, 2.45) is 58.2 Å². The molecule has 4 aliphatic carbocycles. The van der Waals surface area contributed by atoms with Crippen LogP contribution in [0, 0.1) is 58.2 Å². The van der Waals surface area contributed by atoms with Gasteiger partial charge in [0.25, 0.3) is 0 Å². The standard InChI is InChI=1S/C36H60O4/c1-23(2)10-9-11-25(5)30-14-15-31-29-13-12-27-22-28(16-18-35(27,6)32(29)17-19-36(30,31)7)40-34(38)26(20-24(3)4)21-33(37)39-8/h12,23-26,28-32H,9-11,13-22H2,1-8H3/t25-,26?,28+,29+,30-,31+,32+,35+,36-/m1/s1. The molecule has 1 unspecified atom stereocenters. The Balaban J connectivity index is 1.41. The molecule has 0 aromatic heterocycles. The van der Waals surface area contributed by atoms with Gasteiger partial charge >= 0.3 is 11.9 Å². The summed E-state index contributed by atoms with van der Waals surface area (Å²) in [4.78, 5) is 25.1. The lowest BCUT2D eigenvalue weighted by molar-refractivity contribution is -0.161. The second kappa shape index (κ2) is 12.9. The maximum Gasteiger partial charge on any atom is 0.309 e. The molecule has 0 aromatic carbocycles. The van der Waals surface area contributed by atoms with Crippen LogP contribution in [0.3, 0.4) is 0 Å². The molecule has 0 aliphatic heterocycles. The van der Waals surface area contributed by atoms with Crippen molar-refractivity contribution in [3.8, 4) is 0 Å². The second-order valence-corrected chi connectivity index (χ2v) is 15.7. The second-order valence-electron chi connectivity index (χ2n) is 15.7. The Morgan fingerprint density at radius 3 is 2.38 bits per heavy atom. The molecular formula is C36H60O4. The van der Waals surface area contributed by atoms with Gasteiger partial charge in [0.1, 0.15) is 6.10 Å². The van der Waals surface area contributed by atoms with E-state index in [1.165, 1.54) is 58.5 Å². The molecule has 0 spiro atoms. The molecule has 0 heterocycles. The average Bonchev–Trinajstić information content (AvgIpc) is 3.25. The van der Waals surface area contributed by atoms with Crippen molar-refractivity contribution in [2.45, 2.75) is 138 Å². The van der Waals surface area contributed by atoms with Crippen molar-refractivity contribution in [1.29, 1.82) is 0 Å². The number of fused-ring (bicyclic) bond motifs is 5. The van der Waals surface area contributed by atoms with E-state index in [1.807, 2.05) is 0 Å². The van der Waals surface area contributed by atoms with Crippen LogP contribution in [0.4, 0.5) is 0 Å². The summed E-state index contributed by atoms with van der Waals surface area (Å²) in [5, 5.41) is 0. The summed E-state index contributed by atoms with van der Waals surface area (Å²) in [5.74, 6) is 4.37. The zero-order valence-corrected chi connectivity index (χ0v) is 27.1. The monoisotopic (exact) mass is 556 g/mol. The molecule has 0 amide bonds. The number of hydrogen-bond donors (Lipinski definition) is 0. The van der Waals surface area contributed by atoms with E-state index in [-0.39, 0.29) is 29.9 Å². The number of methoxy groups -OCH3 is 1. The molecule has 9 atom stereocenters. The van der Waals surface area contributed by atoms with Crippen molar-refractivity contribution in [3.05, 3.63) is 11.6 Å². The molecule has 3 fully saturated rings. The number of carbonyl (C=O) groups excluding carboxylic acids is 2. The maximum atomic E-state index is 13.2. The summed E-state index contributed by atoms with van der Waals surface area (Å²) < 4.78 is 11.0. The topological polar surface area (TPSA) is 52.6 Å². The molecule has 4 nitrogen and oxygen atoms in total. The summed E-state index contributed by atoms with van der Waals surface area (Å²) in [7, 11) is 1.39. The largest absolute Gasteiger partial charge is 0.469 e. The fraction of sp³-hybridized carbons (Fsp3) is 0.889. The molecule has 4 rings (SSSR count). The normalized spacial score (nSPS) is 36.8. The maximum absolute atomic E-state index is 13.2. The molecule has 0 bridgehead atoms. The molecule has 4 aliphatic rings. The lowest BCUT2D eigenvalue weighted by Crippen LogP contribution is -2.51. The molecule has 0 radical (unpaired) electrons. The van der Waals surface area contributed by atoms with Crippen LogP contribution in [0.2, 0.25) is 0 Å². The minimum Gasteiger partial charge on any atom is -0.469 e. The van der Waals surface area contributed by atoms with Gasteiger partial charge in [-0.25, -0.2) is 0 Å². The Morgan fingerprint density at radius 2 is 1.70 bits per heavy atom.